The second kappa shape index (κ2) is 5.99. The molecule has 0 spiro atoms. The Labute approximate surface area is 100 Å². The highest BCUT2D eigenvalue weighted by molar-refractivity contribution is 4.77. The van der Waals surface area contributed by atoms with Gasteiger partial charge in [-0.1, -0.05) is 0 Å². The van der Waals surface area contributed by atoms with Crippen LogP contribution in [0.1, 0.15) is 41.0 Å². The SMILES string of the molecule is CC(CNC(C)(C)C)NCC1COC(C)C1. The Morgan fingerprint density at radius 2 is 2.06 bits per heavy atom. The Morgan fingerprint density at radius 1 is 1.38 bits per heavy atom. The topological polar surface area (TPSA) is 33.3 Å². The first kappa shape index (κ1) is 13.9. The first-order chi connectivity index (χ1) is 7.37. The van der Waals surface area contributed by atoms with E-state index in [0.717, 1.165) is 19.7 Å². The van der Waals surface area contributed by atoms with Crippen molar-refractivity contribution in [2.75, 3.05) is 19.7 Å². The van der Waals surface area contributed by atoms with E-state index < -0.39 is 0 Å². The van der Waals surface area contributed by atoms with Gasteiger partial charge in [0.2, 0.25) is 0 Å². The van der Waals surface area contributed by atoms with Crippen LogP contribution in [0.4, 0.5) is 0 Å². The molecule has 1 aliphatic heterocycles. The molecule has 0 bridgehead atoms. The van der Waals surface area contributed by atoms with Gasteiger partial charge in [0.1, 0.15) is 0 Å². The van der Waals surface area contributed by atoms with Crippen LogP contribution >= 0.6 is 0 Å². The van der Waals surface area contributed by atoms with Crippen LogP contribution in [0.15, 0.2) is 0 Å². The van der Waals surface area contributed by atoms with E-state index in [2.05, 4.69) is 45.3 Å². The number of hydrogen-bond donors (Lipinski definition) is 2. The molecule has 3 unspecified atom stereocenters. The molecule has 3 nitrogen and oxygen atoms in total. The molecule has 3 heteroatoms. The number of rotatable bonds is 5. The summed E-state index contributed by atoms with van der Waals surface area (Å²) in [6, 6.07) is 0.523. The van der Waals surface area contributed by atoms with Crippen molar-refractivity contribution in [3.8, 4) is 0 Å². The fourth-order valence-corrected chi connectivity index (χ4v) is 1.95. The summed E-state index contributed by atoms with van der Waals surface area (Å²) in [5.74, 6) is 0.701. The number of hydrogen-bond acceptors (Lipinski definition) is 3. The van der Waals surface area contributed by atoms with Crippen molar-refractivity contribution in [2.45, 2.75) is 58.7 Å². The largest absolute Gasteiger partial charge is 0.378 e. The summed E-state index contributed by atoms with van der Waals surface area (Å²) >= 11 is 0. The molecule has 0 aromatic rings. The molecule has 0 aromatic heterocycles. The molecule has 0 aliphatic carbocycles. The van der Waals surface area contributed by atoms with Crippen molar-refractivity contribution in [1.82, 2.24) is 10.6 Å². The van der Waals surface area contributed by atoms with E-state index in [9.17, 15) is 0 Å². The first-order valence-electron chi connectivity index (χ1n) is 6.47. The molecule has 16 heavy (non-hydrogen) atoms. The maximum absolute atomic E-state index is 5.56. The molecular weight excluding hydrogens is 200 g/mol. The quantitative estimate of drug-likeness (QED) is 0.752. The van der Waals surface area contributed by atoms with Gasteiger partial charge in [0, 0.05) is 24.7 Å². The van der Waals surface area contributed by atoms with Gasteiger partial charge in [-0.15, -0.1) is 0 Å². The summed E-state index contributed by atoms with van der Waals surface area (Å²) in [6.45, 7) is 14.0. The Balaban J connectivity index is 2.08. The predicted molar refractivity (Wildman–Crippen MR) is 68.7 cm³/mol. The molecule has 1 rings (SSSR count). The van der Waals surface area contributed by atoms with E-state index in [1.165, 1.54) is 6.42 Å². The lowest BCUT2D eigenvalue weighted by Crippen LogP contribution is -2.45. The minimum atomic E-state index is 0.209. The maximum atomic E-state index is 5.56. The lowest BCUT2D eigenvalue weighted by atomic mass is 10.1. The Morgan fingerprint density at radius 3 is 2.56 bits per heavy atom. The van der Waals surface area contributed by atoms with Gasteiger partial charge < -0.3 is 15.4 Å². The van der Waals surface area contributed by atoms with Gasteiger partial charge in [-0.3, -0.25) is 0 Å². The van der Waals surface area contributed by atoms with Crippen LogP contribution < -0.4 is 10.6 Å². The van der Waals surface area contributed by atoms with E-state index in [1.54, 1.807) is 0 Å². The molecule has 0 amide bonds. The Hall–Kier alpha value is -0.120. The summed E-state index contributed by atoms with van der Waals surface area (Å²) < 4.78 is 5.56. The summed E-state index contributed by atoms with van der Waals surface area (Å²) in [7, 11) is 0. The average Bonchev–Trinajstić information content (AvgIpc) is 2.57. The zero-order valence-corrected chi connectivity index (χ0v) is 11.5. The van der Waals surface area contributed by atoms with Gasteiger partial charge in [0.05, 0.1) is 12.7 Å². The zero-order chi connectivity index (χ0) is 12.2. The molecule has 3 atom stereocenters. The van der Waals surface area contributed by atoms with Crippen molar-refractivity contribution in [3.63, 3.8) is 0 Å². The van der Waals surface area contributed by atoms with E-state index in [-0.39, 0.29) is 5.54 Å². The highest BCUT2D eigenvalue weighted by Gasteiger charge is 2.22. The van der Waals surface area contributed by atoms with Crippen molar-refractivity contribution in [1.29, 1.82) is 0 Å². The zero-order valence-electron chi connectivity index (χ0n) is 11.5. The van der Waals surface area contributed by atoms with Crippen molar-refractivity contribution in [3.05, 3.63) is 0 Å². The summed E-state index contributed by atoms with van der Waals surface area (Å²) in [4.78, 5) is 0. The first-order valence-corrected chi connectivity index (χ1v) is 6.47. The van der Waals surface area contributed by atoms with Crippen LogP contribution in [0.5, 0.6) is 0 Å². The molecule has 1 heterocycles. The number of nitrogens with one attached hydrogen (secondary N) is 2. The molecule has 1 saturated heterocycles. The highest BCUT2D eigenvalue weighted by Crippen LogP contribution is 2.17. The van der Waals surface area contributed by atoms with Gasteiger partial charge in [0.15, 0.2) is 0 Å². The minimum Gasteiger partial charge on any atom is -0.378 e. The van der Waals surface area contributed by atoms with Crippen LogP contribution in [-0.4, -0.2) is 37.4 Å². The monoisotopic (exact) mass is 228 g/mol. The smallest absolute Gasteiger partial charge is 0.0551 e. The predicted octanol–water partition coefficient (Wildman–Crippen LogP) is 1.78. The normalized spacial score (nSPS) is 28.3. The molecule has 1 aliphatic rings. The van der Waals surface area contributed by atoms with Gasteiger partial charge in [-0.05, 0) is 47.0 Å². The second-order valence-corrected chi connectivity index (χ2v) is 6.19. The number of ether oxygens (including phenoxy) is 1. The molecule has 96 valence electrons. The van der Waals surface area contributed by atoms with Crippen molar-refractivity contribution >= 4 is 0 Å². The van der Waals surface area contributed by atoms with Gasteiger partial charge in [-0.25, -0.2) is 0 Å². The van der Waals surface area contributed by atoms with Crippen LogP contribution in [0.2, 0.25) is 0 Å². The fraction of sp³-hybridized carbons (Fsp3) is 1.00. The van der Waals surface area contributed by atoms with Crippen molar-refractivity contribution in [2.24, 2.45) is 5.92 Å². The fourth-order valence-electron chi connectivity index (χ4n) is 1.95. The third-order valence-electron chi connectivity index (χ3n) is 2.98. The maximum Gasteiger partial charge on any atom is 0.0551 e. The average molecular weight is 228 g/mol. The van der Waals surface area contributed by atoms with Crippen LogP contribution in [0.3, 0.4) is 0 Å². The highest BCUT2D eigenvalue weighted by atomic mass is 16.5. The Kier molecular flexibility index (Phi) is 5.22. The molecule has 2 N–H and O–H groups in total. The molecule has 0 saturated carbocycles. The summed E-state index contributed by atoms with van der Waals surface area (Å²) in [5, 5.41) is 7.09. The van der Waals surface area contributed by atoms with E-state index in [4.69, 9.17) is 4.74 Å². The van der Waals surface area contributed by atoms with E-state index in [0.29, 0.717) is 18.1 Å². The van der Waals surface area contributed by atoms with E-state index in [1.807, 2.05) is 0 Å². The van der Waals surface area contributed by atoms with Gasteiger partial charge in [-0.2, -0.15) is 0 Å². The second-order valence-electron chi connectivity index (χ2n) is 6.19. The summed E-state index contributed by atoms with van der Waals surface area (Å²) in [6.07, 6.45) is 1.65. The molecule has 1 fully saturated rings. The van der Waals surface area contributed by atoms with Crippen LogP contribution in [-0.2, 0) is 4.74 Å². The molecular formula is C13H28N2O. The third kappa shape index (κ3) is 5.83. The molecule has 0 radical (unpaired) electrons. The molecule has 0 aromatic carbocycles. The van der Waals surface area contributed by atoms with Gasteiger partial charge in [0.25, 0.3) is 0 Å². The summed E-state index contributed by atoms with van der Waals surface area (Å²) in [5.41, 5.74) is 0.209. The minimum absolute atomic E-state index is 0.209. The lowest BCUT2D eigenvalue weighted by Gasteiger charge is -2.24. The lowest BCUT2D eigenvalue weighted by molar-refractivity contribution is 0.120. The van der Waals surface area contributed by atoms with Crippen LogP contribution in [0.25, 0.3) is 0 Å². The van der Waals surface area contributed by atoms with E-state index >= 15 is 0 Å². The standard InChI is InChI=1S/C13H28N2O/c1-10(7-15-13(3,4)5)14-8-12-6-11(2)16-9-12/h10-12,14-15H,6-9H2,1-5H3. The third-order valence-corrected chi connectivity index (χ3v) is 2.98. The van der Waals surface area contributed by atoms with Crippen molar-refractivity contribution < 1.29 is 4.74 Å². The Bertz CT molecular complexity index is 201. The van der Waals surface area contributed by atoms with Gasteiger partial charge >= 0.3 is 0 Å². The van der Waals surface area contributed by atoms with Crippen LogP contribution in [0, 0.1) is 5.92 Å².